The van der Waals surface area contributed by atoms with E-state index >= 15 is 0 Å². The van der Waals surface area contributed by atoms with Gasteiger partial charge in [-0.05, 0) is 42.3 Å². The number of ether oxygens (including phenoxy) is 1. The quantitative estimate of drug-likeness (QED) is 0.829. The van der Waals surface area contributed by atoms with Gasteiger partial charge in [0.25, 0.3) is 5.91 Å². The molecule has 25 heavy (non-hydrogen) atoms. The Bertz CT molecular complexity index is 863. The number of halogens is 1. The highest BCUT2D eigenvalue weighted by atomic mass is 35.5. The van der Waals surface area contributed by atoms with Crippen molar-refractivity contribution in [1.29, 1.82) is 0 Å². The van der Waals surface area contributed by atoms with Crippen LogP contribution in [-0.2, 0) is 9.84 Å². The third-order valence-electron chi connectivity index (χ3n) is 3.82. The van der Waals surface area contributed by atoms with Crippen LogP contribution in [0.25, 0.3) is 0 Å². The van der Waals surface area contributed by atoms with Crippen LogP contribution in [0.4, 0.5) is 0 Å². The first-order valence-corrected chi connectivity index (χ1v) is 9.97. The van der Waals surface area contributed by atoms with Crippen molar-refractivity contribution in [2.24, 2.45) is 0 Å². The first kappa shape index (κ1) is 19.3. The van der Waals surface area contributed by atoms with Gasteiger partial charge in [-0.25, -0.2) is 8.42 Å². The van der Waals surface area contributed by atoms with Gasteiger partial charge in [-0.15, -0.1) is 0 Å². The van der Waals surface area contributed by atoms with Crippen LogP contribution in [0.2, 0.25) is 5.02 Å². The second-order valence-corrected chi connectivity index (χ2v) is 8.02. The van der Waals surface area contributed by atoms with Crippen molar-refractivity contribution in [2.45, 2.75) is 24.3 Å². The van der Waals surface area contributed by atoms with Crippen molar-refractivity contribution in [2.75, 3.05) is 13.4 Å². The van der Waals surface area contributed by atoms with Gasteiger partial charge in [0.15, 0.2) is 9.84 Å². The SMILES string of the molecule is CC[C@H](NC(=O)c1ccc(Cl)c(S(C)(=O)=O)c1)c1ccc(OC)cc1. The molecule has 134 valence electrons. The van der Waals surface area contributed by atoms with Crippen molar-refractivity contribution in [3.05, 3.63) is 58.6 Å². The van der Waals surface area contributed by atoms with E-state index in [1.54, 1.807) is 7.11 Å². The first-order chi connectivity index (χ1) is 11.8. The predicted molar refractivity (Wildman–Crippen MR) is 98.1 cm³/mol. The van der Waals surface area contributed by atoms with Crippen LogP contribution in [-0.4, -0.2) is 27.7 Å². The third-order valence-corrected chi connectivity index (χ3v) is 5.40. The molecule has 7 heteroatoms. The molecule has 0 aliphatic rings. The maximum Gasteiger partial charge on any atom is 0.251 e. The smallest absolute Gasteiger partial charge is 0.251 e. The molecule has 1 amide bonds. The first-order valence-electron chi connectivity index (χ1n) is 7.70. The molecule has 0 bridgehead atoms. The van der Waals surface area contributed by atoms with Crippen molar-refractivity contribution in [3.8, 4) is 5.75 Å². The van der Waals surface area contributed by atoms with Gasteiger partial charge >= 0.3 is 0 Å². The van der Waals surface area contributed by atoms with Gasteiger partial charge in [0, 0.05) is 11.8 Å². The Labute approximate surface area is 152 Å². The highest BCUT2D eigenvalue weighted by Gasteiger charge is 2.18. The lowest BCUT2D eigenvalue weighted by molar-refractivity contribution is 0.0935. The molecule has 2 aromatic carbocycles. The molecule has 0 radical (unpaired) electrons. The normalized spacial score (nSPS) is 12.5. The molecule has 1 N–H and O–H groups in total. The van der Waals surface area contributed by atoms with E-state index in [1.165, 1.54) is 18.2 Å². The Hall–Kier alpha value is -2.05. The second kappa shape index (κ2) is 7.89. The van der Waals surface area contributed by atoms with Crippen LogP contribution in [0.5, 0.6) is 5.75 Å². The lowest BCUT2D eigenvalue weighted by atomic mass is 10.0. The van der Waals surface area contributed by atoms with Crippen molar-refractivity contribution in [1.82, 2.24) is 5.32 Å². The zero-order valence-corrected chi connectivity index (χ0v) is 15.8. The van der Waals surface area contributed by atoms with E-state index in [1.807, 2.05) is 31.2 Å². The molecule has 0 saturated carbocycles. The monoisotopic (exact) mass is 381 g/mol. The zero-order chi connectivity index (χ0) is 18.6. The molecule has 0 heterocycles. The molecule has 0 spiro atoms. The topological polar surface area (TPSA) is 72.5 Å². The number of hydrogen-bond acceptors (Lipinski definition) is 4. The van der Waals surface area contributed by atoms with Gasteiger partial charge in [0.2, 0.25) is 0 Å². The fraction of sp³-hybridized carbons (Fsp3) is 0.278. The molecular formula is C18H20ClNO4S. The number of hydrogen-bond donors (Lipinski definition) is 1. The van der Waals surface area contributed by atoms with Gasteiger partial charge in [-0.1, -0.05) is 30.7 Å². The van der Waals surface area contributed by atoms with E-state index in [0.717, 1.165) is 17.6 Å². The summed E-state index contributed by atoms with van der Waals surface area (Å²) < 4.78 is 28.7. The minimum atomic E-state index is -3.51. The lowest BCUT2D eigenvalue weighted by Crippen LogP contribution is -2.28. The molecule has 2 rings (SSSR count). The van der Waals surface area contributed by atoms with Gasteiger partial charge in [-0.3, -0.25) is 4.79 Å². The highest BCUT2D eigenvalue weighted by Crippen LogP contribution is 2.24. The number of nitrogens with one attached hydrogen (secondary N) is 1. The summed E-state index contributed by atoms with van der Waals surface area (Å²) in [6.07, 6.45) is 1.74. The summed E-state index contributed by atoms with van der Waals surface area (Å²) in [6.45, 7) is 1.96. The van der Waals surface area contributed by atoms with E-state index < -0.39 is 9.84 Å². The molecule has 5 nitrogen and oxygen atoms in total. The summed E-state index contributed by atoms with van der Waals surface area (Å²) in [5.41, 5.74) is 1.19. The minimum absolute atomic E-state index is 0.0562. The van der Waals surface area contributed by atoms with Gasteiger partial charge in [0.05, 0.1) is 23.1 Å². The Morgan fingerprint density at radius 3 is 2.36 bits per heavy atom. The van der Waals surface area contributed by atoms with Crippen LogP contribution < -0.4 is 10.1 Å². The summed E-state index contributed by atoms with van der Waals surface area (Å²) in [4.78, 5) is 12.5. The van der Waals surface area contributed by atoms with Crippen LogP contribution in [0.1, 0.15) is 35.3 Å². The second-order valence-electron chi connectivity index (χ2n) is 5.62. The van der Waals surface area contributed by atoms with E-state index in [0.29, 0.717) is 6.42 Å². The van der Waals surface area contributed by atoms with Crippen molar-refractivity contribution in [3.63, 3.8) is 0 Å². The Morgan fingerprint density at radius 1 is 1.20 bits per heavy atom. The van der Waals surface area contributed by atoms with Crippen LogP contribution in [0.15, 0.2) is 47.4 Å². The standard InChI is InChI=1S/C18H20ClNO4S/c1-4-16(12-5-8-14(24-2)9-6-12)20-18(21)13-7-10-15(19)17(11-13)25(3,22)23/h5-11,16H,4H2,1-3H3,(H,20,21)/t16-/m0/s1. The highest BCUT2D eigenvalue weighted by molar-refractivity contribution is 7.90. The van der Waals surface area contributed by atoms with Crippen LogP contribution in [0.3, 0.4) is 0 Å². The number of sulfone groups is 1. The van der Waals surface area contributed by atoms with Gasteiger partial charge < -0.3 is 10.1 Å². The molecule has 0 aliphatic heterocycles. The Morgan fingerprint density at radius 2 is 1.84 bits per heavy atom. The molecule has 2 aromatic rings. The minimum Gasteiger partial charge on any atom is -0.497 e. The third kappa shape index (κ3) is 4.74. The molecule has 1 atom stereocenters. The number of methoxy groups -OCH3 is 1. The fourth-order valence-electron chi connectivity index (χ4n) is 2.43. The van der Waals surface area contributed by atoms with Crippen LogP contribution in [0, 0.1) is 0 Å². The van der Waals surface area contributed by atoms with E-state index in [9.17, 15) is 13.2 Å². The van der Waals surface area contributed by atoms with Gasteiger partial charge in [0.1, 0.15) is 5.75 Å². The molecule has 0 unspecified atom stereocenters. The summed E-state index contributed by atoms with van der Waals surface area (Å²) in [6, 6.07) is 11.5. The fourth-order valence-corrected chi connectivity index (χ4v) is 3.73. The summed E-state index contributed by atoms with van der Waals surface area (Å²) in [5.74, 6) is 0.379. The summed E-state index contributed by atoms with van der Waals surface area (Å²) in [7, 11) is -1.92. The number of carbonyl (C=O) groups excluding carboxylic acids is 1. The van der Waals surface area contributed by atoms with E-state index in [2.05, 4.69) is 5.32 Å². The molecular weight excluding hydrogens is 362 g/mol. The molecule has 0 aromatic heterocycles. The van der Waals surface area contributed by atoms with Gasteiger partial charge in [-0.2, -0.15) is 0 Å². The maximum absolute atomic E-state index is 12.5. The largest absolute Gasteiger partial charge is 0.497 e. The van der Waals surface area contributed by atoms with Crippen molar-refractivity contribution >= 4 is 27.3 Å². The Balaban J connectivity index is 2.25. The maximum atomic E-state index is 12.5. The number of benzene rings is 2. The average Bonchev–Trinajstić information content (AvgIpc) is 2.59. The molecule has 0 saturated heterocycles. The number of carbonyl (C=O) groups is 1. The Kier molecular flexibility index (Phi) is 6.08. The molecule has 0 fully saturated rings. The summed E-state index contributed by atoms with van der Waals surface area (Å²) >= 11 is 5.92. The van der Waals surface area contributed by atoms with E-state index in [-0.39, 0.29) is 27.4 Å². The lowest BCUT2D eigenvalue weighted by Gasteiger charge is -2.18. The number of amides is 1. The predicted octanol–water partition coefficient (Wildman–Crippen LogP) is 3.63. The number of rotatable bonds is 6. The van der Waals surface area contributed by atoms with Crippen molar-refractivity contribution < 1.29 is 17.9 Å². The van der Waals surface area contributed by atoms with Crippen LogP contribution >= 0.6 is 11.6 Å². The average molecular weight is 382 g/mol. The summed E-state index contributed by atoms with van der Waals surface area (Å²) in [5, 5.41) is 3.02. The zero-order valence-electron chi connectivity index (χ0n) is 14.2. The van der Waals surface area contributed by atoms with E-state index in [4.69, 9.17) is 16.3 Å². The molecule has 0 aliphatic carbocycles.